The zero-order valence-electron chi connectivity index (χ0n) is 16.2. The molecule has 1 aromatic heterocycles. The van der Waals surface area contributed by atoms with E-state index in [9.17, 15) is 9.50 Å². The maximum absolute atomic E-state index is 14.5. The van der Waals surface area contributed by atoms with Gasteiger partial charge >= 0.3 is 0 Å². The first-order chi connectivity index (χ1) is 14.0. The number of hydrogen-bond donors (Lipinski definition) is 2. The van der Waals surface area contributed by atoms with Crippen LogP contribution in [0.1, 0.15) is 6.42 Å². The Morgan fingerprint density at radius 1 is 1.14 bits per heavy atom. The number of rotatable bonds is 8. The van der Waals surface area contributed by atoms with Gasteiger partial charge in [0.1, 0.15) is 23.1 Å². The molecule has 0 saturated heterocycles. The van der Waals surface area contributed by atoms with Gasteiger partial charge in [0.05, 0.1) is 17.8 Å². The minimum Gasteiger partial charge on any atom is -0.507 e. The third-order valence-electron chi connectivity index (χ3n) is 4.39. The molecule has 2 aromatic carbocycles. The summed E-state index contributed by atoms with van der Waals surface area (Å²) in [5.74, 6) is 0.651. The van der Waals surface area contributed by atoms with Crippen LogP contribution < -0.4 is 10.1 Å². The minimum absolute atomic E-state index is 0.0129. The van der Waals surface area contributed by atoms with E-state index in [1.165, 1.54) is 19.2 Å². The molecule has 0 aliphatic carbocycles. The van der Waals surface area contributed by atoms with Crippen molar-refractivity contribution in [2.24, 2.45) is 0 Å². The van der Waals surface area contributed by atoms with Gasteiger partial charge in [-0.3, -0.25) is 0 Å². The van der Waals surface area contributed by atoms with Crippen molar-refractivity contribution in [3.8, 4) is 33.9 Å². The van der Waals surface area contributed by atoms with Crippen LogP contribution in [0.5, 0.6) is 11.5 Å². The molecule has 0 fully saturated rings. The molecule has 0 aliphatic rings. The highest BCUT2D eigenvalue weighted by Gasteiger charge is 2.15. The molecule has 29 heavy (non-hydrogen) atoms. The van der Waals surface area contributed by atoms with Crippen LogP contribution in [0.3, 0.4) is 0 Å². The smallest absolute Gasteiger partial charge is 0.132 e. The fraction of sp³-hybridized carbons (Fsp3) is 0.227. The lowest BCUT2D eigenvalue weighted by Gasteiger charge is -2.14. The third kappa shape index (κ3) is 4.96. The third-order valence-corrected chi connectivity index (χ3v) is 4.70. The van der Waals surface area contributed by atoms with Crippen molar-refractivity contribution in [3.05, 3.63) is 59.4 Å². The second-order valence-electron chi connectivity index (χ2n) is 6.38. The molecule has 0 bridgehead atoms. The lowest BCUT2D eigenvalue weighted by Crippen LogP contribution is -2.06. The van der Waals surface area contributed by atoms with Crippen LogP contribution in [0.4, 0.5) is 10.2 Å². The van der Waals surface area contributed by atoms with Crippen LogP contribution in [0.25, 0.3) is 22.4 Å². The average molecular weight is 417 g/mol. The fourth-order valence-electron chi connectivity index (χ4n) is 2.97. The maximum Gasteiger partial charge on any atom is 0.132 e. The number of nitrogens with one attached hydrogen (secondary N) is 1. The van der Waals surface area contributed by atoms with Gasteiger partial charge in [0.15, 0.2) is 0 Å². The Morgan fingerprint density at radius 2 is 1.97 bits per heavy atom. The summed E-state index contributed by atoms with van der Waals surface area (Å²) in [5, 5.41) is 13.9. The summed E-state index contributed by atoms with van der Waals surface area (Å²) >= 11 is 6.27. The Labute approximate surface area is 174 Å². The predicted molar refractivity (Wildman–Crippen MR) is 113 cm³/mol. The lowest BCUT2D eigenvalue weighted by atomic mass is 10.0. The molecule has 0 radical (unpaired) electrons. The zero-order chi connectivity index (χ0) is 20.8. The lowest BCUT2D eigenvalue weighted by molar-refractivity contribution is 0.198. The summed E-state index contributed by atoms with van der Waals surface area (Å²) in [6, 6.07) is 12.9. The number of anilines is 1. The maximum atomic E-state index is 14.5. The summed E-state index contributed by atoms with van der Waals surface area (Å²) in [5.41, 5.74) is 1.82. The molecular formula is C22H22ClFN2O3. The Kier molecular flexibility index (Phi) is 6.90. The molecular weight excluding hydrogens is 395 g/mol. The highest BCUT2D eigenvalue weighted by atomic mass is 35.5. The number of aromatic hydroxyl groups is 1. The molecule has 5 nitrogen and oxygen atoms in total. The van der Waals surface area contributed by atoms with Crippen molar-refractivity contribution in [3.63, 3.8) is 0 Å². The van der Waals surface area contributed by atoms with Crippen LogP contribution >= 0.6 is 11.6 Å². The van der Waals surface area contributed by atoms with Gasteiger partial charge in [-0.05, 0) is 48.4 Å². The quantitative estimate of drug-likeness (QED) is 0.483. The van der Waals surface area contributed by atoms with E-state index in [0.717, 1.165) is 6.42 Å². The van der Waals surface area contributed by atoms with Crippen molar-refractivity contribution in [1.29, 1.82) is 0 Å². The number of phenolic OH excluding ortho intramolecular Hbond substituents is 1. The van der Waals surface area contributed by atoms with Crippen molar-refractivity contribution in [2.75, 3.05) is 32.7 Å². The van der Waals surface area contributed by atoms with Crippen molar-refractivity contribution >= 4 is 17.4 Å². The molecule has 0 spiro atoms. The van der Waals surface area contributed by atoms with Gasteiger partial charge in [-0.2, -0.15) is 0 Å². The Bertz CT molecular complexity index is 978. The van der Waals surface area contributed by atoms with Gasteiger partial charge in [-0.15, -0.1) is 0 Å². The summed E-state index contributed by atoms with van der Waals surface area (Å²) in [6.45, 7) is 1.24. The standard InChI is InChI=1S/C22H22ClFN2O3/c1-28-10-4-9-25-21-12-14(22-17(23)5-3-6-18(22)24)11-19(26-21)16-8-7-15(29-2)13-20(16)27/h3,5-8,11-13,27H,4,9-10H2,1-2H3,(H,25,26). The molecule has 0 unspecified atom stereocenters. The molecule has 0 saturated carbocycles. The number of methoxy groups -OCH3 is 2. The number of halogens is 2. The van der Waals surface area contributed by atoms with E-state index in [2.05, 4.69) is 10.3 Å². The van der Waals surface area contributed by atoms with Gasteiger partial charge in [0, 0.05) is 37.5 Å². The van der Waals surface area contributed by atoms with Crippen LogP contribution in [0.2, 0.25) is 5.02 Å². The van der Waals surface area contributed by atoms with Crippen LogP contribution in [-0.2, 0) is 4.74 Å². The highest BCUT2D eigenvalue weighted by molar-refractivity contribution is 6.33. The second kappa shape index (κ2) is 9.58. The number of ether oxygens (including phenoxy) is 2. The Morgan fingerprint density at radius 3 is 2.66 bits per heavy atom. The minimum atomic E-state index is -0.432. The van der Waals surface area contributed by atoms with Crippen molar-refractivity contribution in [1.82, 2.24) is 4.98 Å². The van der Waals surface area contributed by atoms with E-state index in [-0.39, 0.29) is 11.3 Å². The first-order valence-electron chi connectivity index (χ1n) is 9.10. The van der Waals surface area contributed by atoms with Gasteiger partial charge < -0.3 is 19.9 Å². The van der Waals surface area contributed by atoms with E-state index in [4.69, 9.17) is 21.1 Å². The number of aromatic nitrogens is 1. The summed E-state index contributed by atoms with van der Waals surface area (Å²) in [7, 11) is 3.17. The molecule has 152 valence electrons. The van der Waals surface area contributed by atoms with E-state index in [0.29, 0.717) is 46.6 Å². The molecule has 0 amide bonds. The normalized spacial score (nSPS) is 10.8. The van der Waals surface area contributed by atoms with Crippen molar-refractivity contribution in [2.45, 2.75) is 6.42 Å². The van der Waals surface area contributed by atoms with E-state index in [1.54, 1.807) is 43.5 Å². The first-order valence-corrected chi connectivity index (χ1v) is 9.48. The molecule has 1 heterocycles. The Balaban J connectivity index is 2.08. The number of pyridine rings is 1. The zero-order valence-corrected chi connectivity index (χ0v) is 17.0. The van der Waals surface area contributed by atoms with E-state index < -0.39 is 5.82 Å². The first kappa shape index (κ1) is 20.9. The number of phenols is 1. The predicted octanol–water partition coefficient (Wildman–Crippen LogP) is 5.37. The monoisotopic (exact) mass is 416 g/mol. The molecule has 3 rings (SSSR count). The second-order valence-corrected chi connectivity index (χ2v) is 6.79. The highest BCUT2D eigenvalue weighted by Crippen LogP contribution is 2.37. The van der Waals surface area contributed by atoms with Gasteiger partial charge in [0.25, 0.3) is 0 Å². The van der Waals surface area contributed by atoms with E-state index >= 15 is 0 Å². The summed E-state index contributed by atoms with van der Waals surface area (Å²) < 4.78 is 24.7. The van der Waals surface area contributed by atoms with Crippen LogP contribution in [-0.4, -0.2) is 37.5 Å². The SMILES string of the molecule is COCCCNc1cc(-c2c(F)cccc2Cl)cc(-c2ccc(OC)cc2O)n1. The van der Waals surface area contributed by atoms with Gasteiger partial charge in [-0.25, -0.2) is 9.37 Å². The summed E-state index contributed by atoms with van der Waals surface area (Å²) in [6.07, 6.45) is 0.784. The average Bonchev–Trinajstić information content (AvgIpc) is 2.71. The molecule has 3 aromatic rings. The van der Waals surface area contributed by atoms with Gasteiger partial charge in [-0.1, -0.05) is 17.7 Å². The van der Waals surface area contributed by atoms with Crippen molar-refractivity contribution < 1.29 is 19.0 Å². The number of nitrogens with zero attached hydrogens (tertiary/aromatic N) is 1. The largest absolute Gasteiger partial charge is 0.507 e. The topological polar surface area (TPSA) is 63.6 Å². The van der Waals surface area contributed by atoms with Crippen LogP contribution in [0, 0.1) is 5.82 Å². The fourth-order valence-corrected chi connectivity index (χ4v) is 3.24. The molecule has 0 aliphatic heterocycles. The number of hydrogen-bond acceptors (Lipinski definition) is 5. The molecule has 0 atom stereocenters. The Hall–Kier alpha value is -2.83. The molecule has 7 heteroatoms. The van der Waals surface area contributed by atoms with Crippen LogP contribution in [0.15, 0.2) is 48.5 Å². The summed E-state index contributed by atoms with van der Waals surface area (Å²) in [4.78, 5) is 4.58. The van der Waals surface area contributed by atoms with Gasteiger partial charge in [0.2, 0.25) is 0 Å². The number of benzene rings is 2. The molecule has 2 N–H and O–H groups in total. The van der Waals surface area contributed by atoms with E-state index in [1.807, 2.05) is 0 Å².